The molecule has 76 heavy (non-hydrogen) atoms. The molecule has 0 aromatic heterocycles. The molecule has 38 rings (SSSR count). The SMILES string of the molecule is Cc1c(C)c2c(C)c(C)c1-c1ccc(cc1)-c1ccc(cc1)-c1c(C)c(C)c(c(C)c1C)-c1ccc(cc1)-c1c(C)c(C)c(c(C)c1C)-c1ccc(cc1)-c1c(C)c(C)c(c(C)c1C)-c1ccc(cc1)-c1ccc-2cc1. The summed E-state index contributed by atoms with van der Waals surface area (Å²) in [5.41, 5.74) is 47.2. The summed E-state index contributed by atoms with van der Waals surface area (Å²) in [6, 6.07) is 55.8. The van der Waals surface area contributed by atoms with Gasteiger partial charge in [-0.15, -0.1) is 0 Å². The molecule has 0 amide bonds. The second kappa shape index (κ2) is 19.1. The minimum atomic E-state index is 1.23. The van der Waals surface area contributed by atoms with Gasteiger partial charge >= 0.3 is 0 Å². The molecule has 10 aromatic rings. The second-order valence-electron chi connectivity index (χ2n) is 22.5. The molecule has 0 spiro atoms. The Balaban J connectivity index is 1.04. The van der Waals surface area contributed by atoms with Gasteiger partial charge < -0.3 is 0 Å². The molecular weight excluding hydrogens is 913 g/mol. The average Bonchev–Trinajstić information content (AvgIpc) is 3.43. The molecular formula is C76H72. The van der Waals surface area contributed by atoms with Gasteiger partial charge in [0.25, 0.3) is 0 Å². The monoisotopic (exact) mass is 985 g/mol. The number of benzene rings is 10. The van der Waals surface area contributed by atoms with E-state index in [0.717, 1.165) is 0 Å². The van der Waals surface area contributed by atoms with Crippen molar-refractivity contribution >= 4 is 0 Å². The normalized spacial score (nSPS) is 11.7. The fourth-order valence-corrected chi connectivity index (χ4v) is 13.6. The first kappa shape index (κ1) is 50.4. The van der Waals surface area contributed by atoms with Crippen LogP contribution in [0.4, 0.5) is 0 Å². The summed E-state index contributed by atoms with van der Waals surface area (Å²) in [5.74, 6) is 0. The van der Waals surface area contributed by atoms with Gasteiger partial charge in [0, 0.05) is 0 Å². The van der Waals surface area contributed by atoms with E-state index in [9.17, 15) is 0 Å². The fraction of sp³-hybridized carbons (Fsp3) is 0.211. The molecule has 0 saturated carbocycles. The summed E-state index contributed by atoms with van der Waals surface area (Å²) in [5, 5.41) is 0. The molecule has 28 aliphatic carbocycles. The zero-order valence-electron chi connectivity index (χ0n) is 47.9. The minimum absolute atomic E-state index is 1.23. The lowest BCUT2D eigenvalue weighted by molar-refractivity contribution is 1.24. The molecule has 10 aromatic carbocycles. The van der Waals surface area contributed by atoms with Crippen molar-refractivity contribution in [3.63, 3.8) is 0 Å². The van der Waals surface area contributed by atoms with Crippen molar-refractivity contribution in [3.8, 4) is 111 Å². The first-order valence-corrected chi connectivity index (χ1v) is 27.4. The van der Waals surface area contributed by atoms with E-state index in [1.807, 2.05) is 0 Å². The maximum atomic E-state index is 2.35. The summed E-state index contributed by atoms with van der Waals surface area (Å²) in [4.78, 5) is 0. The van der Waals surface area contributed by atoms with E-state index in [-0.39, 0.29) is 0 Å². The van der Waals surface area contributed by atoms with Crippen molar-refractivity contribution < 1.29 is 0 Å². The van der Waals surface area contributed by atoms with Gasteiger partial charge in [-0.3, -0.25) is 0 Å². The standard InChI is InChI=1S/C76H72/c1-41-42(2)70-44(4)43(3)69(41)61-25-17-57(18-26-61)59-21-29-63(30-22-59)71-45(5)49(9)73(50(10)46(71)6)65-33-37-67(38-34-65)75-53(13)55(15)76(56(16)54(75)14)68-39-35-66(36-40-68)74-51(11)47(7)72(48(8)52(74)12)64-31-23-60(24-32-64)58-19-27-62(70)28-20-58/h17-40H,1-16H3. The minimum Gasteiger partial charge on any atom is -0.0538 e. The van der Waals surface area contributed by atoms with Crippen molar-refractivity contribution in [1.82, 2.24) is 0 Å². The Morgan fingerprint density at radius 3 is 0.250 bits per heavy atom. The van der Waals surface area contributed by atoms with Gasteiger partial charge in [0.05, 0.1) is 0 Å². The highest BCUT2D eigenvalue weighted by molar-refractivity contribution is 5.90. The van der Waals surface area contributed by atoms with Gasteiger partial charge in [-0.1, -0.05) is 146 Å². The fourth-order valence-electron chi connectivity index (χ4n) is 13.6. The summed E-state index contributed by atoms with van der Waals surface area (Å²) in [6.07, 6.45) is 0. The quantitative estimate of drug-likeness (QED) is 0.142. The molecule has 0 nitrogen and oxygen atoms in total. The molecule has 0 heterocycles. The summed E-state index contributed by atoms with van der Waals surface area (Å²) in [7, 11) is 0. The van der Waals surface area contributed by atoms with Crippen LogP contribution in [-0.4, -0.2) is 0 Å². The first-order valence-electron chi connectivity index (χ1n) is 27.4. The van der Waals surface area contributed by atoms with Gasteiger partial charge in [-0.2, -0.15) is 0 Å². The van der Waals surface area contributed by atoms with Crippen molar-refractivity contribution in [2.75, 3.05) is 0 Å². The van der Waals surface area contributed by atoms with Crippen LogP contribution in [0.5, 0.6) is 0 Å². The largest absolute Gasteiger partial charge is 0.0538 e. The van der Waals surface area contributed by atoms with Crippen LogP contribution in [-0.2, 0) is 0 Å². The van der Waals surface area contributed by atoms with E-state index in [1.165, 1.54) is 200 Å². The molecule has 0 atom stereocenters. The van der Waals surface area contributed by atoms with Crippen molar-refractivity contribution in [1.29, 1.82) is 0 Å². The summed E-state index contributed by atoms with van der Waals surface area (Å²) < 4.78 is 0. The molecule has 0 heteroatoms. The van der Waals surface area contributed by atoms with Crippen LogP contribution in [0.15, 0.2) is 146 Å². The zero-order chi connectivity index (χ0) is 53.8. The van der Waals surface area contributed by atoms with Crippen LogP contribution in [0.25, 0.3) is 111 Å². The van der Waals surface area contributed by atoms with Crippen LogP contribution in [0.2, 0.25) is 0 Å². The van der Waals surface area contributed by atoms with Gasteiger partial charge in [-0.25, -0.2) is 0 Å². The number of hydrogen-bond acceptors (Lipinski definition) is 0. The van der Waals surface area contributed by atoms with Crippen LogP contribution in [0.3, 0.4) is 0 Å². The summed E-state index contributed by atoms with van der Waals surface area (Å²) in [6.45, 7) is 37.0. The van der Waals surface area contributed by atoms with Crippen molar-refractivity contribution in [2.45, 2.75) is 111 Å². The average molecular weight is 985 g/mol. The van der Waals surface area contributed by atoms with Gasteiger partial charge in [-0.05, 0) is 311 Å². The van der Waals surface area contributed by atoms with Gasteiger partial charge in [0.2, 0.25) is 0 Å². The Hall–Kier alpha value is -7.80. The maximum Gasteiger partial charge on any atom is -0.0120 e. The highest BCUT2D eigenvalue weighted by atomic mass is 14.3. The van der Waals surface area contributed by atoms with E-state index >= 15 is 0 Å². The third kappa shape index (κ3) is 7.95. The van der Waals surface area contributed by atoms with E-state index in [0.29, 0.717) is 0 Å². The van der Waals surface area contributed by atoms with Gasteiger partial charge in [0.1, 0.15) is 0 Å². The Bertz CT molecular complexity index is 3600. The highest BCUT2D eigenvalue weighted by Crippen LogP contribution is 2.46. The Labute approximate surface area is 454 Å². The van der Waals surface area contributed by atoms with Crippen molar-refractivity contribution in [2.24, 2.45) is 0 Å². The zero-order valence-corrected chi connectivity index (χ0v) is 47.9. The van der Waals surface area contributed by atoms with E-state index < -0.39 is 0 Å². The molecule has 376 valence electrons. The topological polar surface area (TPSA) is 0 Å². The molecule has 28 aliphatic rings. The predicted octanol–water partition coefficient (Wildman–Crippen LogP) is 21.6. The maximum absolute atomic E-state index is 2.35. The molecule has 0 unspecified atom stereocenters. The Morgan fingerprint density at radius 1 is 0.105 bits per heavy atom. The molecule has 0 aliphatic heterocycles. The van der Waals surface area contributed by atoms with Gasteiger partial charge in [0.15, 0.2) is 0 Å². The molecule has 0 saturated heterocycles. The van der Waals surface area contributed by atoms with Crippen LogP contribution < -0.4 is 0 Å². The van der Waals surface area contributed by atoms with E-state index in [4.69, 9.17) is 0 Å². The third-order valence-corrected chi connectivity index (χ3v) is 18.8. The number of rotatable bonds is 0. The first-order chi connectivity index (χ1) is 36.4. The van der Waals surface area contributed by atoms with E-state index in [1.54, 1.807) is 0 Å². The lowest BCUT2D eigenvalue weighted by Gasteiger charge is -2.23. The van der Waals surface area contributed by atoms with Crippen LogP contribution in [0.1, 0.15) is 89.0 Å². The molecule has 0 radical (unpaired) electrons. The smallest absolute Gasteiger partial charge is 0.0120 e. The second-order valence-corrected chi connectivity index (χ2v) is 22.5. The lowest BCUT2D eigenvalue weighted by Crippen LogP contribution is -2.02. The third-order valence-electron chi connectivity index (χ3n) is 18.8. The van der Waals surface area contributed by atoms with Crippen molar-refractivity contribution in [3.05, 3.63) is 235 Å². The lowest BCUT2D eigenvalue weighted by atomic mass is 9.81. The van der Waals surface area contributed by atoms with Crippen LogP contribution in [0, 0.1) is 111 Å². The molecule has 20 bridgehead atoms. The Morgan fingerprint density at radius 2 is 0.171 bits per heavy atom. The number of hydrogen-bond donors (Lipinski definition) is 0. The predicted molar refractivity (Wildman–Crippen MR) is 330 cm³/mol. The highest BCUT2D eigenvalue weighted by Gasteiger charge is 2.23. The Kier molecular flexibility index (Phi) is 12.7. The molecule has 0 N–H and O–H groups in total. The molecule has 0 fully saturated rings. The van der Waals surface area contributed by atoms with E-state index in [2.05, 4.69) is 256 Å². The van der Waals surface area contributed by atoms with Crippen LogP contribution >= 0.6 is 0 Å². The summed E-state index contributed by atoms with van der Waals surface area (Å²) >= 11 is 0.